The van der Waals surface area contributed by atoms with Crippen LogP contribution in [0.2, 0.25) is 0 Å². The second-order valence-electron chi connectivity index (χ2n) is 8.61. The highest BCUT2D eigenvalue weighted by atomic mass is 32.1. The number of amides is 2. The number of rotatable bonds is 4. The molecule has 1 saturated heterocycles. The standard InChI is InChI=1S/C30H20N2O3S2/c33-28-26(18-25-17-21-16-20-7-5-4-6-19(20)10-15-27(21)37-25)29(34)32(30(36)31-28)22-11-13-24(14-12-22)35-23-8-2-1-3-9-23/h1-15,17-18H,16H2,(H,31,33,36)/b26-18+. The van der Waals surface area contributed by atoms with Crippen LogP contribution in [0, 0.1) is 0 Å². The molecule has 37 heavy (non-hydrogen) atoms. The Morgan fingerprint density at radius 3 is 2.41 bits per heavy atom. The summed E-state index contributed by atoms with van der Waals surface area (Å²) in [6.07, 6.45) is 6.65. The molecule has 2 aliphatic rings. The minimum Gasteiger partial charge on any atom is -0.457 e. The fourth-order valence-electron chi connectivity index (χ4n) is 4.37. The van der Waals surface area contributed by atoms with Crippen molar-refractivity contribution in [3.8, 4) is 11.5 Å². The molecule has 1 aromatic heterocycles. The van der Waals surface area contributed by atoms with Gasteiger partial charge in [0.05, 0.1) is 5.69 Å². The lowest BCUT2D eigenvalue weighted by Gasteiger charge is -2.28. The molecule has 0 bridgehead atoms. The van der Waals surface area contributed by atoms with Crippen LogP contribution < -0.4 is 15.0 Å². The van der Waals surface area contributed by atoms with Crippen LogP contribution in [-0.2, 0) is 16.0 Å². The number of hydrogen-bond donors (Lipinski definition) is 1. The molecule has 1 aliphatic carbocycles. The number of para-hydroxylation sites is 1. The summed E-state index contributed by atoms with van der Waals surface area (Å²) in [6.45, 7) is 0. The number of nitrogens with one attached hydrogen (secondary N) is 1. The molecule has 7 heteroatoms. The van der Waals surface area contributed by atoms with E-state index in [0.29, 0.717) is 17.2 Å². The molecule has 1 fully saturated rings. The van der Waals surface area contributed by atoms with Crippen molar-refractivity contribution in [2.75, 3.05) is 4.90 Å². The number of nitrogens with zero attached hydrogens (tertiary/aromatic N) is 1. The van der Waals surface area contributed by atoms with Gasteiger partial charge in [-0.05, 0) is 89.9 Å². The van der Waals surface area contributed by atoms with E-state index in [1.165, 1.54) is 21.6 Å². The Hall–Kier alpha value is -4.33. The molecule has 0 spiro atoms. The number of carbonyl (C=O) groups is 2. The molecule has 1 aliphatic heterocycles. The van der Waals surface area contributed by atoms with Gasteiger partial charge < -0.3 is 4.74 Å². The van der Waals surface area contributed by atoms with E-state index in [1.807, 2.05) is 48.5 Å². The van der Waals surface area contributed by atoms with Crippen LogP contribution in [-0.4, -0.2) is 16.9 Å². The number of thiocarbonyl (C=S) groups is 1. The second kappa shape index (κ2) is 9.61. The van der Waals surface area contributed by atoms with Gasteiger partial charge in [-0.15, -0.1) is 11.3 Å². The van der Waals surface area contributed by atoms with Gasteiger partial charge in [-0.3, -0.25) is 19.8 Å². The Morgan fingerprint density at radius 1 is 0.865 bits per heavy atom. The fourth-order valence-corrected chi connectivity index (χ4v) is 5.68. The van der Waals surface area contributed by atoms with E-state index in [1.54, 1.807) is 41.7 Å². The summed E-state index contributed by atoms with van der Waals surface area (Å²) in [5, 5.41) is 2.70. The van der Waals surface area contributed by atoms with Crippen LogP contribution in [0.25, 0.3) is 18.2 Å². The first kappa shape index (κ1) is 23.1. The van der Waals surface area contributed by atoms with Gasteiger partial charge in [-0.25, -0.2) is 0 Å². The van der Waals surface area contributed by atoms with E-state index >= 15 is 0 Å². The maximum absolute atomic E-state index is 13.5. The largest absolute Gasteiger partial charge is 0.457 e. The van der Waals surface area contributed by atoms with E-state index in [0.717, 1.165) is 16.2 Å². The van der Waals surface area contributed by atoms with Crippen LogP contribution in [0.1, 0.15) is 26.4 Å². The minimum atomic E-state index is -0.500. The quantitative estimate of drug-likeness (QED) is 0.168. The van der Waals surface area contributed by atoms with Crippen molar-refractivity contribution in [3.63, 3.8) is 0 Å². The minimum absolute atomic E-state index is 0.0407. The molecule has 2 heterocycles. The van der Waals surface area contributed by atoms with Gasteiger partial charge in [-0.2, -0.15) is 0 Å². The third kappa shape index (κ3) is 4.62. The Kier molecular flexibility index (Phi) is 6.00. The van der Waals surface area contributed by atoms with E-state index in [-0.39, 0.29) is 10.7 Å². The molecule has 2 amide bonds. The summed E-state index contributed by atoms with van der Waals surface area (Å²) < 4.78 is 5.84. The molecule has 3 aromatic carbocycles. The zero-order chi connectivity index (χ0) is 25.4. The van der Waals surface area contributed by atoms with Crippen molar-refractivity contribution in [2.24, 2.45) is 0 Å². The van der Waals surface area contributed by atoms with Gasteiger partial charge in [0.2, 0.25) is 0 Å². The van der Waals surface area contributed by atoms with E-state index in [9.17, 15) is 9.59 Å². The molecule has 1 N–H and O–H groups in total. The molecular weight excluding hydrogens is 500 g/mol. The van der Waals surface area contributed by atoms with Gasteiger partial charge in [0.25, 0.3) is 11.8 Å². The summed E-state index contributed by atoms with van der Waals surface area (Å²) in [7, 11) is 0. The number of thiophene rings is 1. The first-order valence-corrected chi connectivity index (χ1v) is 12.9. The highest BCUT2D eigenvalue weighted by Gasteiger charge is 2.34. The Balaban J connectivity index is 1.26. The topological polar surface area (TPSA) is 58.6 Å². The molecule has 5 nitrogen and oxygen atoms in total. The summed E-state index contributed by atoms with van der Waals surface area (Å²) >= 11 is 6.90. The maximum atomic E-state index is 13.5. The maximum Gasteiger partial charge on any atom is 0.270 e. The number of ether oxygens (including phenoxy) is 1. The summed E-state index contributed by atoms with van der Waals surface area (Å²) in [5.74, 6) is 0.375. The fraction of sp³-hybridized carbons (Fsp3) is 0.0333. The van der Waals surface area contributed by atoms with Crippen molar-refractivity contribution in [3.05, 3.63) is 117 Å². The highest BCUT2D eigenvalue weighted by Crippen LogP contribution is 2.33. The van der Waals surface area contributed by atoms with Crippen molar-refractivity contribution in [2.45, 2.75) is 6.42 Å². The number of anilines is 1. The summed E-state index contributed by atoms with van der Waals surface area (Å²) in [5.41, 5.74) is 4.21. The van der Waals surface area contributed by atoms with Gasteiger partial charge in [-0.1, -0.05) is 48.5 Å². The lowest BCUT2D eigenvalue weighted by Crippen LogP contribution is -2.54. The third-order valence-corrected chi connectivity index (χ3v) is 7.55. The summed E-state index contributed by atoms with van der Waals surface area (Å²) in [4.78, 5) is 29.5. The number of carbonyl (C=O) groups excluding carboxylic acids is 2. The number of benzene rings is 3. The first-order valence-electron chi connectivity index (χ1n) is 11.7. The average Bonchev–Trinajstić information content (AvgIpc) is 3.20. The highest BCUT2D eigenvalue weighted by molar-refractivity contribution is 7.80. The molecule has 4 aromatic rings. The molecule has 0 saturated carbocycles. The van der Waals surface area contributed by atoms with E-state index < -0.39 is 11.8 Å². The van der Waals surface area contributed by atoms with Crippen LogP contribution in [0.5, 0.6) is 11.5 Å². The van der Waals surface area contributed by atoms with Crippen molar-refractivity contribution in [1.29, 1.82) is 0 Å². The number of fused-ring (bicyclic) bond motifs is 2. The van der Waals surface area contributed by atoms with Crippen LogP contribution in [0.4, 0.5) is 5.69 Å². The molecule has 6 rings (SSSR count). The van der Waals surface area contributed by atoms with E-state index in [4.69, 9.17) is 17.0 Å². The van der Waals surface area contributed by atoms with E-state index in [2.05, 4.69) is 29.6 Å². The Morgan fingerprint density at radius 2 is 1.59 bits per heavy atom. The lowest BCUT2D eigenvalue weighted by molar-refractivity contribution is -0.122. The Bertz CT molecular complexity index is 1600. The molecule has 0 radical (unpaired) electrons. The molecular formula is C30H20N2O3S2. The number of hydrogen-bond acceptors (Lipinski definition) is 5. The lowest BCUT2D eigenvalue weighted by atomic mass is 10.0. The van der Waals surface area contributed by atoms with Gasteiger partial charge in [0.1, 0.15) is 17.1 Å². The second-order valence-corrected chi connectivity index (χ2v) is 10.1. The molecule has 0 atom stereocenters. The predicted octanol–water partition coefficient (Wildman–Crippen LogP) is 6.45. The first-order chi connectivity index (χ1) is 18.0. The van der Waals surface area contributed by atoms with Gasteiger partial charge in [0.15, 0.2) is 5.11 Å². The zero-order valence-electron chi connectivity index (χ0n) is 19.5. The van der Waals surface area contributed by atoms with Crippen molar-refractivity contribution in [1.82, 2.24) is 5.32 Å². The van der Waals surface area contributed by atoms with Gasteiger partial charge >= 0.3 is 0 Å². The van der Waals surface area contributed by atoms with Crippen LogP contribution >= 0.6 is 23.6 Å². The monoisotopic (exact) mass is 520 g/mol. The van der Waals surface area contributed by atoms with Crippen LogP contribution in [0.3, 0.4) is 0 Å². The Labute approximate surface area is 223 Å². The smallest absolute Gasteiger partial charge is 0.270 e. The van der Waals surface area contributed by atoms with Crippen LogP contribution in [0.15, 0.2) is 90.5 Å². The zero-order valence-corrected chi connectivity index (χ0v) is 21.1. The summed E-state index contributed by atoms with van der Waals surface area (Å²) in [6, 6.07) is 26.8. The molecule has 180 valence electrons. The molecule has 0 unspecified atom stereocenters. The normalized spacial score (nSPS) is 15.7. The van der Waals surface area contributed by atoms with Gasteiger partial charge in [0, 0.05) is 9.75 Å². The predicted molar refractivity (Wildman–Crippen MR) is 152 cm³/mol. The third-order valence-electron chi connectivity index (χ3n) is 6.17. The van der Waals surface area contributed by atoms with Crippen molar-refractivity contribution >= 4 is 64.4 Å². The average molecular weight is 521 g/mol. The van der Waals surface area contributed by atoms with Crippen molar-refractivity contribution < 1.29 is 14.3 Å². The SMILES string of the molecule is O=C1NC(=S)N(c2ccc(Oc3ccccc3)cc2)C(=O)/C1=C/c1cc2c(s1)C=Cc1ccccc1C2.